The van der Waals surface area contributed by atoms with Crippen molar-refractivity contribution in [3.63, 3.8) is 0 Å². The standard InChI is InChI=1S/C8H15NO3/c1-2-9-8(10)12-6-7-4-3-5-11-7/h7H,2-6H2,1H3,(H,9,10). The SMILES string of the molecule is CCNC(=O)OCC1CCCO1. The Balaban J connectivity index is 2.03. The summed E-state index contributed by atoms with van der Waals surface area (Å²) in [4.78, 5) is 10.8. The maximum absolute atomic E-state index is 10.8. The van der Waals surface area contributed by atoms with Gasteiger partial charge in [0.1, 0.15) is 6.61 Å². The first-order chi connectivity index (χ1) is 5.83. The first kappa shape index (κ1) is 9.32. The van der Waals surface area contributed by atoms with Gasteiger partial charge in [-0.3, -0.25) is 0 Å². The second-order valence-electron chi connectivity index (χ2n) is 2.76. The maximum Gasteiger partial charge on any atom is 0.407 e. The van der Waals surface area contributed by atoms with Crippen molar-refractivity contribution >= 4 is 6.09 Å². The van der Waals surface area contributed by atoms with E-state index in [1.807, 2.05) is 6.92 Å². The van der Waals surface area contributed by atoms with Gasteiger partial charge in [0, 0.05) is 13.2 Å². The minimum Gasteiger partial charge on any atom is -0.447 e. The number of amides is 1. The Kier molecular flexibility index (Phi) is 3.87. The zero-order valence-electron chi connectivity index (χ0n) is 7.34. The highest BCUT2D eigenvalue weighted by atomic mass is 16.6. The van der Waals surface area contributed by atoms with Crippen LogP contribution in [0.3, 0.4) is 0 Å². The van der Waals surface area contributed by atoms with Crippen LogP contribution in [0.15, 0.2) is 0 Å². The molecule has 4 heteroatoms. The van der Waals surface area contributed by atoms with E-state index in [4.69, 9.17) is 9.47 Å². The average molecular weight is 173 g/mol. The number of rotatable bonds is 3. The summed E-state index contributed by atoms with van der Waals surface area (Å²) in [6.07, 6.45) is 1.84. The van der Waals surface area contributed by atoms with Crippen LogP contribution in [-0.4, -0.2) is 32.0 Å². The quantitative estimate of drug-likeness (QED) is 0.690. The van der Waals surface area contributed by atoms with Gasteiger partial charge in [-0.1, -0.05) is 0 Å². The number of carbonyl (C=O) groups is 1. The molecule has 0 radical (unpaired) electrons. The molecule has 0 aromatic rings. The number of alkyl carbamates (subject to hydrolysis) is 1. The molecule has 70 valence electrons. The van der Waals surface area contributed by atoms with Gasteiger partial charge in [0.25, 0.3) is 0 Å². The fraction of sp³-hybridized carbons (Fsp3) is 0.875. The Morgan fingerprint density at radius 2 is 2.58 bits per heavy atom. The van der Waals surface area contributed by atoms with E-state index in [0.29, 0.717) is 13.2 Å². The third kappa shape index (κ3) is 3.09. The summed E-state index contributed by atoms with van der Waals surface area (Å²) in [6, 6.07) is 0. The summed E-state index contributed by atoms with van der Waals surface area (Å²) in [5.74, 6) is 0. The fourth-order valence-electron chi connectivity index (χ4n) is 1.14. The van der Waals surface area contributed by atoms with Gasteiger partial charge in [0.2, 0.25) is 0 Å². The normalized spacial score (nSPS) is 22.2. The molecule has 0 aliphatic carbocycles. The molecule has 1 rings (SSSR count). The molecule has 1 saturated heterocycles. The van der Waals surface area contributed by atoms with E-state index in [1.165, 1.54) is 0 Å². The van der Waals surface area contributed by atoms with Crippen LogP contribution in [0.4, 0.5) is 4.79 Å². The van der Waals surface area contributed by atoms with Crippen molar-refractivity contribution in [3.05, 3.63) is 0 Å². The Bertz CT molecular complexity index is 143. The van der Waals surface area contributed by atoms with Crippen LogP contribution in [0.25, 0.3) is 0 Å². The summed E-state index contributed by atoms with van der Waals surface area (Å²) in [6.45, 7) is 3.63. The second kappa shape index (κ2) is 4.98. The molecule has 1 unspecified atom stereocenters. The molecule has 1 aliphatic rings. The van der Waals surface area contributed by atoms with Crippen LogP contribution in [0.2, 0.25) is 0 Å². The van der Waals surface area contributed by atoms with Crippen molar-refractivity contribution < 1.29 is 14.3 Å². The van der Waals surface area contributed by atoms with Crippen molar-refractivity contribution in [1.82, 2.24) is 5.32 Å². The molecule has 1 amide bonds. The molecule has 0 aromatic carbocycles. The smallest absolute Gasteiger partial charge is 0.407 e. The molecular formula is C8H15NO3. The lowest BCUT2D eigenvalue weighted by molar-refractivity contribution is 0.0440. The van der Waals surface area contributed by atoms with Gasteiger partial charge in [-0.25, -0.2) is 4.79 Å². The van der Waals surface area contributed by atoms with E-state index in [9.17, 15) is 4.79 Å². The lowest BCUT2D eigenvalue weighted by Crippen LogP contribution is -2.27. The Morgan fingerprint density at radius 1 is 1.75 bits per heavy atom. The number of hydrogen-bond donors (Lipinski definition) is 1. The topological polar surface area (TPSA) is 47.6 Å². The van der Waals surface area contributed by atoms with Gasteiger partial charge in [0.15, 0.2) is 0 Å². The van der Waals surface area contributed by atoms with Gasteiger partial charge in [-0.2, -0.15) is 0 Å². The fourth-order valence-corrected chi connectivity index (χ4v) is 1.14. The molecule has 4 nitrogen and oxygen atoms in total. The largest absolute Gasteiger partial charge is 0.447 e. The Morgan fingerprint density at radius 3 is 3.17 bits per heavy atom. The van der Waals surface area contributed by atoms with Crippen LogP contribution in [0, 0.1) is 0 Å². The van der Waals surface area contributed by atoms with Gasteiger partial charge < -0.3 is 14.8 Å². The Labute approximate surface area is 72.2 Å². The predicted octanol–water partition coefficient (Wildman–Crippen LogP) is 0.911. The molecule has 1 aliphatic heterocycles. The van der Waals surface area contributed by atoms with E-state index < -0.39 is 0 Å². The van der Waals surface area contributed by atoms with Crippen molar-refractivity contribution in [2.24, 2.45) is 0 Å². The van der Waals surface area contributed by atoms with Crippen LogP contribution in [0.5, 0.6) is 0 Å². The summed E-state index contributed by atoms with van der Waals surface area (Å²) in [5.41, 5.74) is 0. The van der Waals surface area contributed by atoms with E-state index in [0.717, 1.165) is 19.4 Å². The van der Waals surface area contributed by atoms with Crippen molar-refractivity contribution in [2.45, 2.75) is 25.9 Å². The van der Waals surface area contributed by atoms with Gasteiger partial charge in [0.05, 0.1) is 6.10 Å². The first-order valence-corrected chi connectivity index (χ1v) is 4.35. The first-order valence-electron chi connectivity index (χ1n) is 4.35. The minimum absolute atomic E-state index is 0.118. The van der Waals surface area contributed by atoms with Crippen LogP contribution >= 0.6 is 0 Å². The van der Waals surface area contributed by atoms with E-state index in [1.54, 1.807) is 0 Å². The van der Waals surface area contributed by atoms with Crippen LogP contribution in [-0.2, 0) is 9.47 Å². The van der Waals surface area contributed by atoms with Crippen molar-refractivity contribution in [3.8, 4) is 0 Å². The third-order valence-corrected chi connectivity index (χ3v) is 1.75. The van der Waals surface area contributed by atoms with E-state index in [-0.39, 0.29) is 12.2 Å². The lowest BCUT2D eigenvalue weighted by atomic mass is 10.2. The zero-order chi connectivity index (χ0) is 8.81. The van der Waals surface area contributed by atoms with Gasteiger partial charge in [-0.05, 0) is 19.8 Å². The number of hydrogen-bond acceptors (Lipinski definition) is 3. The molecule has 0 saturated carbocycles. The van der Waals surface area contributed by atoms with Crippen molar-refractivity contribution in [2.75, 3.05) is 19.8 Å². The summed E-state index contributed by atoms with van der Waals surface area (Å²) >= 11 is 0. The molecule has 1 atom stereocenters. The second-order valence-corrected chi connectivity index (χ2v) is 2.76. The van der Waals surface area contributed by atoms with Gasteiger partial charge >= 0.3 is 6.09 Å². The molecule has 12 heavy (non-hydrogen) atoms. The Hall–Kier alpha value is -0.770. The molecular weight excluding hydrogens is 158 g/mol. The molecule has 1 N–H and O–H groups in total. The highest BCUT2D eigenvalue weighted by Gasteiger charge is 2.16. The highest BCUT2D eigenvalue weighted by Crippen LogP contribution is 2.11. The monoisotopic (exact) mass is 173 g/mol. The maximum atomic E-state index is 10.8. The summed E-state index contributed by atoms with van der Waals surface area (Å²) in [7, 11) is 0. The van der Waals surface area contributed by atoms with Crippen LogP contribution in [0.1, 0.15) is 19.8 Å². The average Bonchev–Trinajstić information content (AvgIpc) is 2.53. The van der Waals surface area contributed by atoms with Crippen molar-refractivity contribution in [1.29, 1.82) is 0 Å². The molecule has 0 spiro atoms. The molecule has 1 heterocycles. The third-order valence-electron chi connectivity index (χ3n) is 1.75. The summed E-state index contributed by atoms with van der Waals surface area (Å²) < 4.78 is 10.2. The van der Waals surface area contributed by atoms with Gasteiger partial charge in [-0.15, -0.1) is 0 Å². The summed E-state index contributed by atoms with van der Waals surface area (Å²) in [5, 5.41) is 2.55. The van der Waals surface area contributed by atoms with E-state index >= 15 is 0 Å². The lowest BCUT2D eigenvalue weighted by Gasteiger charge is -2.09. The number of ether oxygens (including phenoxy) is 2. The minimum atomic E-state index is -0.354. The molecule has 0 bridgehead atoms. The number of nitrogens with one attached hydrogen (secondary N) is 1. The molecule has 0 aromatic heterocycles. The molecule has 1 fully saturated rings. The van der Waals surface area contributed by atoms with Crippen LogP contribution < -0.4 is 5.32 Å². The predicted molar refractivity (Wildman–Crippen MR) is 44.0 cm³/mol. The van der Waals surface area contributed by atoms with E-state index in [2.05, 4.69) is 5.32 Å². The zero-order valence-corrected chi connectivity index (χ0v) is 7.34. The highest BCUT2D eigenvalue weighted by molar-refractivity contribution is 5.66. The number of carbonyl (C=O) groups excluding carboxylic acids is 1.